The Hall–Kier alpha value is -2.04. The first kappa shape index (κ1) is 14.9. The highest BCUT2D eigenvalue weighted by Crippen LogP contribution is 2.31. The van der Waals surface area contributed by atoms with Gasteiger partial charge in [0.25, 0.3) is 0 Å². The van der Waals surface area contributed by atoms with Crippen LogP contribution in [0, 0.1) is 0 Å². The lowest BCUT2D eigenvalue weighted by atomic mass is 10.2. The summed E-state index contributed by atoms with van der Waals surface area (Å²) in [6.45, 7) is 2.80. The normalized spacial score (nSPS) is 10.7. The van der Waals surface area contributed by atoms with Gasteiger partial charge < -0.3 is 10.6 Å². The summed E-state index contributed by atoms with van der Waals surface area (Å²) in [6, 6.07) is 13.2. The van der Waals surface area contributed by atoms with Crippen LogP contribution in [0.4, 0.5) is 17.5 Å². The molecule has 22 heavy (non-hydrogen) atoms. The number of para-hydroxylation sites is 1. The first-order chi connectivity index (χ1) is 10.7. The van der Waals surface area contributed by atoms with Crippen LogP contribution in [0.5, 0.6) is 0 Å². The van der Waals surface area contributed by atoms with Gasteiger partial charge in [0, 0.05) is 11.9 Å². The minimum absolute atomic E-state index is 0.450. The lowest BCUT2D eigenvalue weighted by Gasteiger charge is -2.12. The molecule has 0 saturated heterocycles. The number of nitrogens with one attached hydrogen (secondary N) is 2. The molecule has 112 valence electrons. The monoisotopic (exact) mass is 332 g/mol. The second-order valence-corrected chi connectivity index (χ2v) is 5.45. The molecule has 2 aromatic carbocycles. The topological polar surface area (TPSA) is 49.8 Å². The largest absolute Gasteiger partial charge is 0.370 e. The minimum atomic E-state index is 0.450. The molecule has 0 aliphatic heterocycles. The maximum absolute atomic E-state index is 6.20. The number of nitrogens with zero attached hydrogens (tertiary/aromatic N) is 2. The molecule has 0 atom stereocenters. The van der Waals surface area contributed by atoms with Crippen molar-refractivity contribution in [2.45, 2.75) is 6.92 Å². The molecule has 0 fully saturated rings. The van der Waals surface area contributed by atoms with E-state index in [-0.39, 0.29) is 0 Å². The fraction of sp³-hybridized carbons (Fsp3) is 0.125. The highest BCUT2D eigenvalue weighted by Gasteiger charge is 2.09. The molecule has 4 nitrogen and oxygen atoms in total. The van der Waals surface area contributed by atoms with Crippen molar-refractivity contribution in [1.82, 2.24) is 9.97 Å². The molecule has 1 heterocycles. The zero-order valence-electron chi connectivity index (χ0n) is 11.9. The molecule has 0 spiro atoms. The van der Waals surface area contributed by atoms with Crippen LogP contribution in [0.3, 0.4) is 0 Å². The summed E-state index contributed by atoms with van der Waals surface area (Å²) in [6.07, 6.45) is 0. The first-order valence-electron chi connectivity index (χ1n) is 6.90. The molecule has 3 rings (SSSR count). The van der Waals surface area contributed by atoms with E-state index in [0.717, 1.165) is 23.3 Å². The van der Waals surface area contributed by atoms with Gasteiger partial charge in [-0.15, -0.1) is 0 Å². The molecule has 0 aliphatic carbocycles. The summed E-state index contributed by atoms with van der Waals surface area (Å²) >= 11 is 12.2. The smallest absolute Gasteiger partial charge is 0.229 e. The quantitative estimate of drug-likeness (QED) is 0.696. The molecule has 0 amide bonds. The second kappa shape index (κ2) is 6.38. The van der Waals surface area contributed by atoms with Gasteiger partial charge in [-0.25, -0.2) is 4.98 Å². The summed E-state index contributed by atoms with van der Waals surface area (Å²) in [5.41, 5.74) is 1.53. The lowest BCUT2D eigenvalue weighted by Crippen LogP contribution is -2.05. The molecule has 0 aliphatic rings. The Morgan fingerprint density at radius 2 is 1.82 bits per heavy atom. The first-order valence-corrected chi connectivity index (χ1v) is 7.66. The van der Waals surface area contributed by atoms with Crippen molar-refractivity contribution in [3.63, 3.8) is 0 Å². The number of anilines is 3. The number of halogens is 2. The van der Waals surface area contributed by atoms with Crippen LogP contribution in [0.25, 0.3) is 10.9 Å². The number of fused-ring (bicyclic) bond motifs is 1. The zero-order valence-corrected chi connectivity index (χ0v) is 13.4. The SMILES string of the molecule is CCNc1nc(Nc2cccc(Cl)c2Cl)nc2ccccc12. The van der Waals surface area contributed by atoms with Gasteiger partial charge in [-0.2, -0.15) is 4.98 Å². The van der Waals surface area contributed by atoms with E-state index in [0.29, 0.717) is 21.7 Å². The third-order valence-electron chi connectivity index (χ3n) is 3.15. The summed E-state index contributed by atoms with van der Waals surface area (Å²) in [5, 5.41) is 8.29. The molecule has 0 unspecified atom stereocenters. The molecule has 6 heteroatoms. The average Bonchev–Trinajstić information content (AvgIpc) is 2.52. The Morgan fingerprint density at radius 1 is 1.00 bits per heavy atom. The summed E-state index contributed by atoms with van der Waals surface area (Å²) < 4.78 is 0. The second-order valence-electron chi connectivity index (χ2n) is 4.67. The zero-order chi connectivity index (χ0) is 15.5. The Balaban J connectivity index is 2.05. The van der Waals surface area contributed by atoms with E-state index in [1.54, 1.807) is 6.07 Å². The van der Waals surface area contributed by atoms with Gasteiger partial charge in [-0.3, -0.25) is 0 Å². The fourth-order valence-corrected chi connectivity index (χ4v) is 2.50. The predicted molar refractivity (Wildman–Crippen MR) is 93.4 cm³/mol. The predicted octanol–water partition coefficient (Wildman–Crippen LogP) is 5.11. The average molecular weight is 333 g/mol. The van der Waals surface area contributed by atoms with E-state index in [1.165, 1.54) is 0 Å². The highest BCUT2D eigenvalue weighted by molar-refractivity contribution is 6.43. The Kier molecular flexibility index (Phi) is 4.32. The molecule has 0 radical (unpaired) electrons. The third kappa shape index (κ3) is 2.93. The van der Waals surface area contributed by atoms with Crippen LogP contribution >= 0.6 is 23.2 Å². The summed E-state index contributed by atoms with van der Waals surface area (Å²) in [5.74, 6) is 1.26. The number of benzene rings is 2. The molecular formula is C16H14Cl2N4. The van der Waals surface area contributed by atoms with Gasteiger partial charge in [0.2, 0.25) is 5.95 Å². The van der Waals surface area contributed by atoms with Gasteiger partial charge >= 0.3 is 0 Å². The van der Waals surface area contributed by atoms with Crippen LogP contribution in [0.2, 0.25) is 10.0 Å². The Bertz CT molecular complexity index is 820. The number of aromatic nitrogens is 2. The summed E-state index contributed by atoms with van der Waals surface area (Å²) in [7, 11) is 0. The molecule has 1 aromatic heterocycles. The number of hydrogen-bond donors (Lipinski definition) is 2. The van der Waals surface area contributed by atoms with Crippen molar-refractivity contribution in [2.24, 2.45) is 0 Å². The van der Waals surface area contributed by atoms with Crippen LogP contribution in [-0.4, -0.2) is 16.5 Å². The number of hydrogen-bond acceptors (Lipinski definition) is 4. The van der Waals surface area contributed by atoms with Gasteiger partial charge in [-0.05, 0) is 31.2 Å². The van der Waals surface area contributed by atoms with Gasteiger partial charge in [-0.1, -0.05) is 41.4 Å². The molecular weight excluding hydrogens is 319 g/mol. The maximum Gasteiger partial charge on any atom is 0.229 e. The Labute approximate surface area is 138 Å². The van der Waals surface area contributed by atoms with Crippen molar-refractivity contribution in [3.05, 3.63) is 52.5 Å². The van der Waals surface area contributed by atoms with Crippen molar-refractivity contribution >= 4 is 51.6 Å². The van der Waals surface area contributed by atoms with Crippen molar-refractivity contribution in [2.75, 3.05) is 17.2 Å². The van der Waals surface area contributed by atoms with E-state index in [4.69, 9.17) is 23.2 Å². The minimum Gasteiger partial charge on any atom is -0.370 e. The third-order valence-corrected chi connectivity index (χ3v) is 3.96. The van der Waals surface area contributed by atoms with E-state index in [9.17, 15) is 0 Å². The van der Waals surface area contributed by atoms with E-state index in [1.807, 2.05) is 43.3 Å². The van der Waals surface area contributed by atoms with Crippen LogP contribution in [0.15, 0.2) is 42.5 Å². The molecule has 0 bridgehead atoms. The Morgan fingerprint density at radius 3 is 2.64 bits per heavy atom. The molecule has 2 N–H and O–H groups in total. The van der Waals surface area contributed by atoms with Crippen molar-refractivity contribution < 1.29 is 0 Å². The maximum atomic E-state index is 6.20. The van der Waals surface area contributed by atoms with E-state index in [2.05, 4.69) is 20.6 Å². The van der Waals surface area contributed by atoms with Gasteiger partial charge in [0.05, 0.1) is 21.2 Å². The van der Waals surface area contributed by atoms with Gasteiger partial charge in [0.1, 0.15) is 5.82 Å². The molecule has 3 aromatic rings. The van der Waals surface area contributed by atoms with Crippen LogP contribution < -0.4 is 10.6 Å². The van der Waals surface area contributed by atoms with E-state index >= 15 is 0 Å². The highest BCUT2D eigenvalue weighted by atomic mass is 35.5. The van der Waals surface area contributed by atoms with Crippen molar-refractivity contribution in [1.29, 1.82) is 0 Å². The number of rotatable bonds is 4. The van der Waals surface area contributed by atoms with Crippen molar-refractivity contribution in [3.8, 4) is 0 Å². The molecule has 0 saturated carbocycles. The van der Waals surface area contributed by atoms with Gasteiger partial charge in [0.15, 0.2) is 0 Å². The van der Waals surface area contributed by atoms with Crippen LogP contribution in [-0.2, 0) is 0 Å². The van der Waals surface area contributed by atoms with E-state index < -0.39 is 0 Å². The lowest BCUT2D eigenvalue weighted by molar-refractivity contribution is 1.14. The summed E-state index contributed by atoms with van der Waals surface area (Å²) in [4.78, 5) is 9.04. The standard InChI is InChI=1S/C16H14Cl2N4/c1-2-19-15-10-6-3-4-8-12(10)20-16(22-15)21-13-9-5-7-11(17)14(13)18/h3-9H,2H2,1H3,(H2,19,20,21,22). The van der Waals surface area contributed by atoms with Crippen LogP contribution in [0.1, 0.15) is 6.92 Å². The fourth-order valence-electron chi connectivity index (χ4n) is 2.16.